The van der Waals surface area contributed by atoms with Gasteiger partial charge < -0.3 is 20.1 Å². The van der Waals surface area contributed by atoms with E-state index in [4.69, 9.17) is 0 Å². The summed E-state index contributed by atoms with van der Waals surface area (Å²) in [6.07, 6.45) is 1.18. The molecule has 1 saturated carbocycles. The Labute approximate surface area is 110 Å². The molecule has 1 aromatic heterocycles. The van der Waals surface area contributed by atoms with Crippen LogP contribution in [0.5, 0.6) is 0 Å². The van der Waals surface area contributed by atoms with Crippen molar-refractivity contribution in [2.75, 3.05) is 13.6 Å². The molecule has 1 N–H and O–H groups in total. The van der Waals surface area contributed by atoms with E-state index in [2.05, 4.69) is 0 Å². The Bertz CT molecular complexity index is 505. The van der Waals surface area contributed by atoms with E-state index in [-0.39, 0.29) is 17.8 Å². The second-order valence-corrected chi connectivity index (χ2v) is 5.07. The third kappa shape index (κ3) is 2.60. The van der Waals surface area contributed by atoms with Gasteiger partial charge in [0.15, 0.2) is 5.69 Å². The van der Waals surface area contributed by atoms with Crippen molar-refractivity contribution in [3.8, 4) is 0 Å². The molecule has 1 fully saturated rings. The molecule has 7 heteroatoms. The Morgan fingerprint density at radius 1 is 1.58 bits per heavy atom. The summed E-state index contributed by atoms with van der Waals surface area (Å²) in [6, 6.07) is 2.79. The third-order valence-electron chi connectivity index (χ3n) is 3.59. The molecular formula is C12H17N3O4. The predicted molar refractivity (Wildman–Crippen MR) is 67.8 cm³/mol. The smallest absolute Gasteiger partial charge is 0.323 e. The van der Waals surface area contributed by atoms with Crippen LogP contribution in [0.4, 0.5) is 5.82 Å². The average molecular weight is 267 g/mol. The van der Waals surface area contributed by atoms with Crippen LogP contribution >= 0.6 is 0 Å². The van der Waals surface area contributed by atoms with Gasteiger partial charge in [0, 0.05) is 19.7 Å². The Kier molecular flexibility index (Phi) is 3.57. The molecular weight excluding hydrogens is 250 g/mol. The Hall–Kier alpha value is -1.89. The molecule has 0 saturated heterocycles. The van der Waals surface area contributed by atoms with Gasteiger partial charge in [0.1, 0.15) is 0 Å². The molecule has 104 valence electrons. The molecule has 2 rings (SSSR count). The highest BCUT2D eigenvalue weighted by molar-refractivity contribution is 5.93. The lowest BCUT2D eigenvalue weighted by molar-refractivity contribution is -0.391. The maximum atomic E-state index is 12.2. The van der Waals surface area contributed by atoms with Crippen LogP contribution in [0, 0.1) is 16.0 Å². The summed E-state index contributed by atoms with van der Waals surface area (Å²) in [4.78, 5) is 23.9. The second kappa shape index (κ2) is 5.00. The topological polar surface area (TPSA) is 88.6 Å². The van der Waals surface area contributed by atoms with Crippen LogP contribution in [-0.2, 0) is 7.05 Å². The van der Waals surface area contributed by atoms with Crippen LogP contribution < -0.4 is 0 Å². The maximum Gasteiger partial charge on any atom is 0.323 e. The van der Waals surface area contributed by atoms with Crippen molar-refractivity contribution in [1.29, 1.82) is 0 Å². The van der Waals surface area contributed by atoms with Gasteiger partial charge in [-0.1, -0.05) is 0 Å². The lowest BCUT2D eigenvalue weighted by Gasteiger charge is -2.34. The molecule has 7 nitrogen and oxygen atoms in total. The highest BCUT2D eigenvalue weighted by Crippen LogP contribution is 2.28. The van der Waals surface area contributed by atoms with Gasteiger partial charge >= 0.3 is 5.82 Å². The molecule has 1 aromatic rings. The summed E-state index contributed by atoms with van der Waals surface area (Å²) < 4.78 is 1.29. The minimum absolute atomic E-state index is 0.101. The van der Waals surface area contributed by atoms with Crippen molar-refractivity contribution >= 4 is 11.7 Å². The first kappa shape index (κ1) is 13.5. The van der Waals surface area contributed by atoms with E-state index in [1.165, 1.54) is 23.7 Å². The van der Waals surface area contributed by atoms with Crippen molar-refractivity contribution in [2.24, 2.45) is 13.0 Å². The number of carbonyl (C=O) groups is 1. The molecule has 19 heavy (non-hydrogen) atoms. The lowest BCUT2D eigenvalue weighted by atomic mass is 9.82. The SMILES string of the molecule is CN(CC1CC(O)C1)C(=O)c1ccc([N+](=O)[O-])n1C. The van der Waals surface area contributed by atoms with Crippen LogP contribution in [0.3, 0.4) is 0 Å². The van der Waals surface area contributed by atoms with Crippen molar-refractivity contribution in [1.82, 2.24) is 9.47 Å². The molecule has 1 amide bonds. The fourth-order valence-corrected chi connectivity index (χ4v) is 2.41. The molecule has 0 atom stereocenters. The molecule has 0 spiro atoms. The van der Waals surface area contributed by atoms with Gasteiger partial charge in [-0.25, -0.2) is 4.57 Å². The fraction of sp³-hybridized carbons (Fsp3) is 0.583. The van der Waals surface area contributed by atoms with E-state index in [1.807, 2.05) is 0 Å². The summed E-state index contributed by atoms with van der Waals surface area (Å²) in [6.45, 7) is 0.564. The third-order valence-corrected chi connectivity index (χ3v) is 3.59. The molecule has 0 radical (unpaired) electrons. The fourth-order valence-electron chi connectivity index (χ4n) is 2.41. The molecule has 0 aromatic carbocycles. The number of aromatic nitrogens is 1. The number of aliphatic hydroxyl groups is 1. The zero-order valence-corrected chi connectivity index (χ0v) is 10.9. The summed E-state index contributed by atoms with van der Waals surface area (Å²) in [5, 5.41) is 19.9. The molecule has 0 unspecified atom stereocenters. The van der Waals surface area contributed by atoms with Gasteiger partial charge in [-0.15, -0.1) is 0 Å². The molecule has 1 aliphatic rings. The van der Waals surface area contributed by atoms with E-state index in [1.54, 1.807) is 11.9 Å². The lowest BCUT2D eigenvalue weighted by Crippen LogP contribution is -2.40. The molecule has 1 aliphatic carbocycles. The molecule has 0 aliphatic heterocycles. The van der Waals surface area contributed by atoms with Gasteiger partial charge in [0.25, 0.3) is 5.91 Å². The zero-order chi connectivity index (χ0) is 14.2. The van der Waals surface area contributed by atoms with Crippen LogP contribution in [-0.4, -0.2) is 45.1 Å². The first-order chi connectivity index (χ1) is 8.90. The number of nitro groups is 1. The van der Waals surface area contributed by atoms with Gasteiger partial charge in [0.05, 0.1) is 13.2 Å². The molecule has 1 heterocycles. The summed E-state index contributed by atoms with van der Waals surface area (Å²) in [7, 11) is 3.18. The first-order valence-corrected chi connectivity index (χ1v) is 6.13. The Morgan fingerprint density at radius 2 is 2.21 bits per heavy atom. The number of aliphatic hydroxyl groups excluding tert-OH is 1. The van der Waals surface area contributed by atoms with E-state index in [0.29, 0.717) is 31.0 Å². The number of hydrogen-bond acceptors (Lipinski definition) is 4. The van der Waals surface area contributed by atoms with Crippen molar-refractivity contribution in [3.63, 3.8) is 0 Å². The maximum absolute atomic E-state index is 12.2. The number of carbonyl (C=O) groups excluding carboxylic acids is 1. The Balaban J connectivity index is 2.04. The highest BCUT2D eigenvalue weighted by Gasteiger charge is 2.31. The zero-order valence-electron chi connectivity index (χ0n) is 10.9. The van der Waals surface area contributed by atoms with E-state index in [9.17, 15) is 20.0 Å². The van der Waals surface area contributed by atoms with E-state index in [0.717, 1.165) is 0 Å². The normalized spacial score (nSPS) is 21.8. The van der Waals surface area contributed by atoms with Crippen LogP contribution in [0.15, 0.2) is 12.1 Å². The number of hydrogen-bond donors (Lipinski definition) is 1. The van der Waals surface area contributed by atoms with Crippen LogP contribution in [0.25, 0.3) is 0 Å². The van der Waals surface area contributed by atoms with Gasteiger partial charge in [-0.05, 0) is 29.7 Å². The van der Waals surface area contributed by atoms with Crippen molar-refractivity contribution in [2.45, 2.75) is 18.9 Å². The largest absolute Gasteiger partial charge is 0.393 e. The van der Waals surface area contributed by atoms with E-state index >= 15 is 0 Å². The Morgan fingerprint density at radius 3 is 2.68 bits per heavy atom. The van der Waals surface area contributed by atoms with Gasteiger partial charge in [-0.3, -0.25) is 4.79 Å². The van der Waals surface area contributed by atoms with Crippen LogP contribution in [0.2, 0.25) is 0 Å². The summed E-state index contributed by atoms with van der Waals surface area (Å²) >= 11 is 0. The van der Waals surface area contributed by atoms with Crippen LogP contribution in [0.1, 0.15) is 23.3 Å². The standard InChI is InChI=1S/C12H17N3O4/c1-13(7-8-5-9(16)6-8)12(17)10-3-4-11(14(10)2)15(18)19/h3-4,8-9,16H,5-7H2,1-2H3. The molecule has 0 bridgehead atoms. The predicted octanol–water partition coefficient (Wildman–Crippen LogP) is 0.776. The van der Waals surface area contributed by atoms with Crippen molar-refractivity contribution in [3.05, 3.63) is 27.9 Å². The average Bonchev–Trinajstić information content (AvgIpc) is 2.68. The number of nitrogens with zero attached hydrogens (tertiary/aromatic N) is 3. The van der Waals surface area contributed by atoms with Crippen molar-refractivity contribution < 1.29 is 14.8 Å². The first-order valence-electron chi connectivity index (χ1n) is 6.13. The van der Waals surface area contributed by atoms with Gasteiger partial charge in [0.2, 0.25) is 0 Å². The summed E-state index contributed by atoms with van der Waals surface area (Å²) in [5.41, 5.74) is 0.300. The number of amides is 1. The minimum Gasteiger partial charge on any atom is -0.393 e. The monoisotopic (exact) mass is 267 g/mol. The second-order valence-electron chi connectivity index (χ2n) is 5.07. The quantitative estimate of drug-likeness (QED) is 0.644. The van der Waals surface area contributed by atoms with E-state index < -0.39 is 4.92 Å². The highest BCUT2D eigenvalue weighted by atomic mass is 16.6. The van der Waals surface area contributed by atoms with Gasteiger partial charge in [-0.2, -0.15) is 0 Å². The number of rotatable bonds is 4. The minimum atomic E-state index is -0.515. The summed E-state index contributed by atoms with van der Waals surface area (Å²) in [5.74, 6) is -0.0213.